The maximum Gasteiger partial charge on any atom is 0.188 e. The molecular weight excluding hydrogens is 212 g/mol. The fourth-order valence-electron chi connectivity index (χ4n) is 1.23. The molecule has 0 fully saturated rings. The first-order valence-electron chi connectivity index (χ1n) is 4.61. The van der Waals surface area contributed by atoms with Gasteiger partial charge in [0.1, 0.15) is 5.69 Å². The zero-order chi connectivity index (χ0) is 10.7. The first-order chi connectivity index (χ1) is 7.29. The molecule has 0 spiro atoms. The fourth-order valence-corrected chi connectivity index (χ4v) is 1.67. The molecular formula is C9H10N4OS. The van der Waals surface area contributed by atoms with Gasteiger partial charge in [-0.15, -0.1) is 0 Å². The number of aryl methyl sites for hydroxylation is 1. The molecule has 2 heterocycles. The Labute approximate surface area is 91.1 Å². The number of carbonyl (C=O) groups excluding carboxylic acids is 1. The summed E-state index contributed by atoms with van der Waals surface area (Å²) in [7, 11) is 0. The summed E-state index contributed by atoms with van der Waals surface area (Å²) in [5.41, 5.74) is 1.35. The monoisotopic (exact) mass is 222 g/mol. The molecule has 6 heteroatoms. The van der Waals surface area contributed by atoms with Gasteiger partial charge < -0.3 is 0 Å². The van der Waals surface area contributed by atoms with E-state index in [1.807, 2.05) is 13.1 Å². The maximum absolute atomic E-state index is 11.6. The predicted molar refractivity (Wildman–Crippen MR) is 55.8 cm³/mol. The molecule has 0 atom stereocenters. The first-order valence-corrected chi connectivity index (χ1v) is 5.34. The van der Waals surface area contributed by atoms with Crippen molar-refractivity contribution in [3.05, 3.63) is 29.8 Å². The Balaban J connectivity index is 2.06. The summed E-state index contributed by atoms with van der Waals surface area (Å²) in [6, 6.07) is 0. The van der Waals surface area contributed by atoms with Crippen LogP contribution in [0.4, 0.5) is 0 Å². The van der Waals surface area contributed by atoms with Crippen LogP contribution in [0.2, 0.25) is 0 Å². The summed E-state index contributed by atoms with van der Waals surface area (Å²) in [4.78, 5) is 11.6. The molecule has 0 aromatic carbocycles. The maximum atomic E-state index is 11.6. The van der Waals surface area contributed by atoms with Gasteiger partial charge in [0.05, 0.1) is 24.1 Å². The highest BCUT2D eigenvalue weighted by Gasteiger charge is 2.10. The molecule has 0 saturated heterocycles. The van der Waals surface area contributed by atoms with Crippen LogP contribution in [-0.4, -0.2) is 24.3 Å². The summed E-state index contributed by atoms with van der Waals surface area (Å²) < 4.78 is 9.48. The number of hydrogen-bond acceptors (Lipinski definition) is 5. The Morgan fingerprint density at radius 3 is 3.00 bits per heavy atom. The predicted octanol–water partition coefficient (Wildman–Crippen LogP) is 1.18. The zero-order valence-electron chi connectivity index (χ0n) is 8.25. The van der Waals surface area contributed by atoms with Gasteiger partial charge in [0.2, 0.25) is 0 Å². The molecule has 0 N–H and O–H groups in total. The third-order valence-corrected chi connectivity index (χ3v) is 2.50. The van der Waals surface area contributed by atoms with E-state index in [0.29, 0.717) is 12.1 Å². The topological polar surface area (TPSA) is 60.7 Å². The van der Waals surface area contributed by atoms with Crippen LogP contribution >= 0.6 is 11.7 Å². The van der Waals surface area contributed by atoms with Crippen molar-refractivity contribution in [3.63, 3.8) is 0 Å². The van der Waals surface area contributed by atoms with Crippen LogP contribution in [0.5, 0.6) is 0 Å². The number of aromatic nitrogens is 4. The normalized spacial score (nSPS) is 10.5. The minimum Gasteiger partial charge on any atom is -0.292 e. The van der Waals surface area contributed by atoms with Gasteiger partial charge in [-0.2, -0.15) is 13.8 Å². The highest BCUT2D eigenvalue weighted by Crippen LogP contribution is 2.05. The summed E-state index contributed by atoms with van der Waals surface area (Å²) in [6.45, 7) is 2.81. The van der Waals surface area contributed by atoms with Gasteiger partial charge in [0.25, 0.3) is 0 Å². The van der Waals surface area contributed by atoms with Gasteiger partial charge in [0, 0.05) is 19.2 Å². The zero-order valence-corrected chi connectivity index (χ0v) is 9.07. The Hall–Kier alpha value is -1.56. The Morgan fingerprint density at radius 1 is 1.53 bits per heavy atom. The van der Waals surface area contributed by atoms with Crippen molar-refractivity contribution in [1.82, 2.24) is 18.5 Å². The van der Waals surface area contributed by atoms with Crippen LogP contribution in [0.3, 0.4) is 0 Å². The number of nitrogens with zero attached hydrogens (tertiary/aromatic N) is 4. The molecule has 78 valence electrons. The van der Waals surface area contributed by atoms with Crippen molar-refractivity contribution in [3.8, 4) is 0 Å². The standard InChI is InChI=1S/C9H10N4OS/c1-2-13-6-7(4-10-13)3-9(14)8-5-11-15-12-8/h4-6H,2-3H2,1H3. The molecule has 15 heavy (non-hydrogen) atoms. The smallest absolute Gasteiger partial charge is 0.188 e. The third kappa shape index (κ3) is 2.27. The van der Waals surface area contributed by atoms with Gasteiger partial charge in [-0.25, -0.2) is 0 Å². The van der Waals surface area contributed by atoms with Gasteiger partial charge in [0.15, 0.2) is 5.78 Å². The number of hydrogen-bond donors (Lipinski definition) is 0. The second-order valence-electron chi connectivity index (χ2n) is 3.10. The lowest BCUT2D eigenvalue weighted by atomic mass is 10.1. The minimum atomic E-state index is -0.0144. The van der Waals surface area contributed by atoms with E-state index in [9.17, 15) is 4.79 Å². The fraction of sp³-hybridized carbons (Fsp3) is 0.333. The van der Waals surface area contributed by atoms with E-state index in [1.54, 1.807) is 10.9 Å². The van der Waals surface area contributed by atoms with E-state index in [1.165, 1.54) is 6.20 Å². The van der Waals surface area contributed by atoms with Crippen LogP contribution in [0.15, 0.2) is 18.6 Å². The van der Waals surface area contributed by atoms with Crippen LogP contribution in [-0.2, 0) is 13.0 Å². The van der Waals surface area contributed by atoms with Crippen molar-refractivity contribution < 1.29 is 4.79 Å². The summed E-state index contributed by atoms with van der Waals surface area (Å²) in [6.07, 6.45) is 5.42. The molecule has 0 aliphatic heterocycles. The van der Waals surface area contributed by atoms with Crippen molar-refractivity contribution >= 4 is 17.5 Å². The number of Topliss-reactive ketones (excluding diaryl/α,β-unsaturated/α-hetero) is 1. The Morgan fingerprint density at radius 2 is 2.40 bits per heavy atom. The SMILES string of the molecule is CCn1cc(CC(=O)c2cnsn2)cn1. The Kier molecular flexibility index (Phi) is 2.86. The molecule has 2 aromatic rings. The summed E-state index contributed by atoms with van der Waals surface area (Å²) >= 11 is 1.05. The molecule has 0 aliphatic carbocycles. The summed E-state index contributed by atoms with van der Waals surface area (Å²) in [5.74, 6) is -0.0144. The average Bonchev–Trinajstić information content (AvgIpc) is 2.87. The largest absolute Gasteiger partial charge is 0.292 e. The van der Waals surface area contributed by atoms with Gasteiger partial charge in [-0.1, -0.05) is 0 Å². The molecule has 0 amide bonds. The molecule has 5 nitrogen and oxygen atoms in total. The molecule has 0 saturated carbocycles. The average molecular weight is 222 g/mol. The second kappa shape index (κ2) is 4.31. The van der Waals surface area contributed by atoms with Crippen molar-refractivity contribution in [2.45, 2.75) is 19.9 Å². The first kappa shape index (κ1) is 9.97. The molecule has 2 aromatic heterocycles. The quantitative estimate of drug-likeness (QED) is 0.729. The Bertz CT molecular complexity index is 448. The molecule has 0 aliphatic rings. The molecule has 0 unspecified atom stereocenters. The second-order valence-corrected chi connectivity index (χ2v) is 3.65. The highest BCUT2D eigenvalue weighted by molar-refractivity contribution is 6.99. The lowest BCUT2D eigenvalue weighted by Crippen LogP contribution is -2.03. The lowest BCUT2D eigenvalue weighted by Gasteiger charge is -1.93. The van der Waals surface area contributed by atoms with Crippen LogP contribution in [0.25, 0.3) is 0 Å². The third-order valence-electron chi connectivity index (χ3n) is 2.02. The van der Waals surface area contributed by atoms with Crippen LogP contribution in [0.1, 0.15) is 23.0 Å². The van der Waals surface area contributed by atoms with Gasteiger partial charge in [-0.05, 0) is 12.5 Å². The van der Waals surface area contributed by atoms with Crippen LogP contribution < -0.4 is 0 Å². The molecule has 0 radical (unpaired) electrons. The van der Waals surface area contributed by atoms with Crippen molar-refractivity contribution in [2.75, 3.05) is 0 Å². The number of ketones is 1. The van der Waals surface area contributed by atoms with Gasteiger partial charge in [-0.3, -0.25) is 9.48 Å². The lowest BCUT2D eigenvalue weighted by molar-refractivity contribution is 0.0989. The van der Waals surface area contributed by atoms with E-state index >= 15 is 0 Å². The molecule has 0 bridgehead atoms. The number of carbonyl (C=O) groups is 1. The van der Waals surface area contributed by atoms with Gasteiger partial charge >= 0.3 is 0 Å². The molecule has 2 rings (SSSR count). The van der Waals surface area contributed by atoms with E-state index in [0.717, 1.165) is 23.8 Å². The number of rotatable bonds is 4. The van der Waals surface area contributed by atoms with E-state index in [-0.39, 0.29) is 5.78 Å². The highest BCUT2D eigenvalue weighted by atomic mass is 32.1. The van der Waals surface area contributed by atoms with Crippen molar-refractivity contribution in [2.24, 2.45) is 0 Å². The van der Waals surface area contributed by atoms with E-state index in [2.05, 4.69) is 13.8 Å². The minimum absolute atomic E-state index is 0.0144. The van der Waals surface area contributed by atoms with Crippen molar-refractivity contribution in [1.29, 1.82) is 0 Å². The van der Waals surface area contributed by atoms with E-state index < -0.39 is 0 Å². The van der Waals surface area contributed by atoms with Crippen LogP contribution in [0, 0.1) is 0 Å². The summed E-state index contributed by atoms with van der Waals surface area (Å²) in [5, 5.41) is 4.10. The van der Waals surface area contributed by atoms with E-state index in [4.69, 9.17) is 0 Å².